The second-order valence-electron chi connectivity index (χ2n) is 6.45. The molecule has 130 valence electrons. The molecule has 4 rings (SSSR count). The number of rotatable bonds is 4. The molecule has 7 nitrogen and oxygen atoms in total. The molecule has 0 saturated carbocycles. The van der Waals surface area contributed by atoms with E-state index in [1.165, 1.54) is 23.0 Å². The molecular weight excluding hydrogens is 318 g/mol. The van der Waals surface area contributed by atoms with Crippen LogP contribution in [0.3, 0.4) is 0 Å². The van der Waals surface area contributed by atoms with Crippen molar-refractivity contribution in [1.82, 2.24) is 25.5 Å². The van der Waals surface area contributed by atoms with Crippen molar-refractivity contribution < 1.29 is 9.53 Å². The van der Waals surface area contributed by atoms with Crippen molar-refractivity contribution in [2.24, 2.45) is 0 Å². The fourth-order valence-corrected chi connectivity index (χ4v) is 3.48. The molecule has 0 aliphatic carbocycles. The molecule has 0 spiro atoms. The van der Waals surface area contributed by atoms with E-state index < -0.39 is 0 Å². The Morgan fingerprint density at radius 3 is 2.96 bits per heavy atom. The molecule has 0 bridgehead atoms. The third-order valence-electron chi connectivity index (χ3n) is 4.87. The maximum atomic E-state index is 12.0. The minimum atomic E-state index is -0.258. The first-order valence-corrected chi connectivity index (χ1v) is 8.55. The van der Waals surface area contributed by atoms with E-state index in [1.807, 2.05) is 6.07 Å². The maximum absolute atomic E-state index is 12.0. The summed E-state index contributed by atoms with van der Waals surface area (Å²) in [5, 5.41) is 10.3. The van der Waals surface area contributed by atoms with E-state index in [9.17, 15) is 4.79 Å². The first kappa shape index (κ1) is 15.8. The van der Waals surface area contributed by atoms with E-state index >= 15 is 0 Å². The molecule has 1 aliphatic rings. The quantitative estimate of drug-likeness (QED) is 0.680. The van der Waals surface area contributed by atoms with Crippen LogP contribution in [0.25, 0.3) is 10.9 Å². The number of aryl methyl sites for hydroxylation is 1. The van der Waals surface area contributed by atoms with Crippen LogP contribution in [0.1, 0.15) is 46.2 Å². The van der Waals surface area contributed by atoms with Crippen molar-refractivity contribution in [2.75, 3.05) is 13.2 Å². The highest BCUT2D eigenvalue weighted by Crippen LogP contribution is 2.33. The van der Waals surface area contributed by atoms with Crippen LogP contribution in [0.5, 0.6) is 0 Å². The molecule has 1 amide bonds. The van der Waals surface area contributed by atoms with Gasteiger partial charge in [-0.3, -0.25) is 9.89 Å². The van der Waals surface area contributed by atoms with Crippen molar-refractivity contribution in [3.05, 3.63) is 47.2 Å². The summed E-state index contributed by atoms with van der Waals surface area (Å²) in [7, 11) is 0. The van der Waals surface area contributed by atoms with Gasteiger partial charge in [0.05, 0.1) is 0 Å². The van der Waals surface area contributed by atoms with Crippen molar-refractivity contribution in [3.8, 4) is 0 Å². The van der Waals surface area contributed by atoms with Crippen LogP contribution in [0.2, 0.25) is 0 Å². The number of hydrogen-bond acceptors (Lipinski definition) is 4. The first-order chi connectivity index (χ1) is 12.2. The highest BCUT2D eigenvalue weighted by Gasteiger charge is 2.20. The summed E-state index contributed by atoms with van der Waals surface area (Å²) in [5.41, 5.74) is 4.82. The third-order valence-corrected chi connectivity index (χ3v) is 4.87. The molecule has 0 radical (unpaired) electrons. The van der Waals surface area contributed by atoms with E-state index in [0.29, 0.717) is 12.5 Å². The Morgan fingerprint density at radius 2 is 2.20 bits per heavy atom. The summed E-state index contributed by atoms with van der Waals surface area (Å²) in [6, 6.07) is 6.26. The fraction of sp³-hybridized carbons (Fsp3) is 0.389. The second kappa shape index (κ2) is 6.68. The minimum Gasteiger partial charge on any atom is -0.381 e. The lowest BCUT2D eigenvalue weighted by Crippen LogP contribution is -2.23. The monoisotopic (exact) mass is 339 g/mol. The van der Waals surface area contributed by atoms with Gasteiger partial charge in [0.15, 0.2) is 0 Å². The Hall–Kier alpha value is -2.67. The van der Waals surface area contributed by atoms with Crippen LogP contribution in [0.15, 0.2) is 24.5 Å². The number of ether oxygens (including phenoxy) is 1. The summed E-state index contributed by atoms with van der Waals surface area (Å²) in [5.74, 6) is 0.503. The number of hydrogen-bond donors (Lipinski definition) is 3. The summed E-state index contributed by atoms with van der Waals surface area (Å²) >= 11 is 0. The van der Waals surface area contributed by atoms with Gasteiger partial charge in [-0.25, -0.2) is 4.98 Å². The Morgan fingerprint density at radius 1 is 1.36 bits per heavy atom. The summed E-state index contributed by atoms with van der Waals surface area (Å²) in [4.78, 5) is 19.4. The topological polar surface area (TPSA) is 95.7 Å². The zero-order valence-corrected chi connectivity index (χ0v) is 14.1. The van der Waals surface area contributed by atoms with Gasteiger partial charge in [0.2, 0.25) is 5.82 Å². The molecular formula is C18H21N5O2. The standard InChI is InChI=1S/C18H21N5O2/c1-11-14-8-12(9-19-18(24)17-20-10-21-23-17)2-3-15(14)22-16(11)13-4-6-25-7-5-13/h2-3,8,10,13,22H,4-7,9H2,1H3,(H,19,24)(H,20,21,23). The van der Waals surface area contributed by atoms with E-state index in [-0.39, 0.29) is 11.7 Å². The van der Waals surface area contributed by atoms with Crippen molar-refractivity contribution in [3.63, 3.8) is 0 Å². The minimum absolute atomic E-state index is 0.223. The van der Waals surface area contributed by atoms with Gasteiger partial charge in [0, 0.05) is 42.3 Å². The molecule has 3 N–H and O–H groups in total. The second-order valence-corrected chi connectivity index (χ2v) is 6.45. The van der Waals surface area contributed by atoms with Crippen molar-refractivity contribution >= 4 is 16.8 Å². The van der Waals surface area contributed by atoms with E-state index in [1.54, 1.807) is 0 Å². The number of amides is 1. The molecule has 1 aliphatic heterocycles. The van der Waals surface area contributed by atoms with Gasteiger partial charge in [-0.2, -0.15) is 5.10 Å². The lowest BCUT2D eigenvalue weighted by atomic mass is 9.93. The molecule has 2 aromatic heterocycles. The molecule has 3 aromatic rings. The smallest absolute Gasteiger partial charge is 0.288 e. The lowest BCUT2D eigenvalue weighted by Gasteiger charge is -2.21. The predicted octanol–water partition coefficient (Wildman–Crippen LogP) is 2.42. The van der Waals surface area contributed by atoms with E-state index in [0.717, 1.165) is 37.1 Å². The molecule has 1 fully saturated rings. The molecule has 1 saturated heterocycles. The summed E-state index contributed by atoms with van der Waals surface area (Å²) in [6.07, 6.45) is 3.45. The molecule has 3 heterocycles. The molecule has 7 heteroatoms. The molecule has 1 aromatic carbocycles. The number of nitrogens with one attached hydrogen (secondary N) is 3. The van der Waals surface area contributed by atoms with Crippen LogP contribution in [0.4, 0.5) is 0 Å². The SMILES string of the molecule is Cc1c(C2CCOCC2)[nH]c2ccc(CNC(=O)c3ncn[nH]3)cc12. The number of benzene rings is 1. The maximum Gasteiger partial charge on any atom is 0.288 e. The Balaban J connectivity index is 1.53. The van der Waals surface area contributed by atoms with E-state index in [4.69, 9.17) is 4.74 Å². The van der Waals surface area contributed by atoms with Crippen molar-refractivity contribution in [2.45, 2.75) is 32.2 Å². The lowest BCUT2D eigenvalue weighted by molar-refractivity contribution is 0.0845. The zero-order chi connectivity index (χ0) is 17.2. The van der Waals surface area contributed by atoms with Crippen LogP contribution in [-0.2, 0) is 11.3 Å². The van der Waals surface area contributed by atoms with Gasteiger partial charge in [0.25, 0.3) is 5.91 Å². The third kappa shape index (κ3) is 3.15. The van der Waals surface area contributed by atoms with Gasteiger partial charge in [-0.15, -0.1) is 0 Å². The number of carbonyl (C=O) groups excluding carboxylic acids is 1. The fourth-order valence-electron chi connectivity index (χ4n) is 3.48. The predicted molar refractivity (Wildman–Crippen MR) is 93.4 cm³/mol. The largest absolute Gasteiger partial charge is 0.381 e. The Kier molecular flexibility index (Phi) is 4.23. The van der Waals surface area contributed by atoms with Crippen molar-refractivity contribution in [1.29, 1.82) is 0 Å². The Bertz CT molecular complexity index is 878. The average molecular weight is 339 g/mol. The number of aromatic amines is 2. The van der Waals surface area contributed by atoms with Gasteiger partial charge in [0.1, 0.15) is 6.33 Å². The first-order valence-electron chi connectivity index (χ1n) is 8.55. The number of H-pyrrole nitrogens is 2. The molecule has 0 atom stereocenters. The van der Waals surface area contributed by atoms with Gasteiger partial charge in [-0.05, 0) is 43.0 Å². The van der Waals surface area contributed by atoms with Crippen LogP contribution >= 0.6 is 0 Å². The zero-order valence-electron chi connectivity index (χ0n) is 14.1. The number of aromatic nitrogens is 4. The molecule has 25 heavy (non-hydrogen) atoms. The number of fused-ring (bicyclic) bond motifs is 1. The van der Waals surface area contributed by atoms with Gasteiger partial charge >= 0.3 is 0 Å². The highest BCUT2D eigenvalue weighted by atomic mass is 16.5. The van der Waals surface area contributed by atoms with Gasteiger partial charge in [-0.1, -0.05) is 6.07 Å². The van der Waals surface area contributed by atoms with Gasteiger partial charge < -0.3 is 15.0 Å². The van der Waals surface area contributed by atoms with Crippen LogP contribution < -0.4 is 5.32 Å². The van der Waals surface area contributed by atoms with E-state index in [2.05, 4.69) is 44.5 Å². The van der Waals surface area contributed by atoms with Crippen LogP contribution in [-0.4, -0.2) is 39.3 Å². The van der Waals surface area contributed by atoms with Crippen LogP contribution in [0, 0.1) is 6.92 Å². The number of nitrogens with zero attached hydrogens (tertiary/aromatic N) is 2. The highest BCUT2D eigenvalue weighted by molar-refractivity contribution is 5.90. The summed E-state index contributed by atoms with van der Waals surface area (Å²) in [6.45, 7) is 4.28. The average Bonchev–Trinajstić information content (AvgIpc) is 3.29. The molecule has 0 unspecified atom stereocenters. The normalized spacial score (nSPS) is 15.6. The Labute approximate surface area is 145 Å². The summed E-state index contributed by atoms with van der Waals surface area (Å²) < 4.78 is 5.47. The number of carbonyl (C=O) groups is 1.